The minimum absolute atomic E-state index is 0.0255. The fourth-order valence-electron chi connectivity index (χ4n) is 0.649. The van der Waals surface area contributed by atoms with Crippen LogP contribution in [0.4, 0.5) is 0 Å². The standard InChI is InChI=1S/C6H10NO/c1-5(8)7-6(2)3-4-6/h2-4H2,1H3,(H,7,8). The molecular formula is C6H10NO. The average Bonchev–Trinajstić information content (AvgIpc) is 2.17. The van der Waals surface area contributed by atoms with Crippen molar-refractivity contribution in [3.05, 3.63) is 6.92 Å². The second kappa shape index (κ2) is 1.47. The van der Waals surface area contributed by atoms with Gasteiger partial charge in [0.2, 0.25) is 5.91 Å². The lowest BCUT2D eigenvalue weighted by Crippen LogP contribution is -2.32. The van der Waals surface area contributed by atoms with Gasteiger partial charge in [-0.3, -0.25) is 4.79 Å². The molecular weight excluding hydrogens is 102 g/mol. The molecule has 1 amide bonds. The minimum atomic E-state index is -0.0775. The summed E-state index contributed by atoms with van der Waals surface area (Å²) in [6.45, 7) is 5.31. The number of nitrogens with one attached hydrogen (secondary N) is 1. The van der Waals surface area contributed by atoms with Crippen LogP contribution in [0.15, 0.2) is 0 Å². The van der Waals surface area contributed by atoms with Crippen molar-refractivity contribution in [3.63, 3.8) is 0 Å². The van der Waals surface area contributed by atoms with E-state index < -0.39 is 0 Å². The van der Waals surface area contributed by atoms with Gasteiger partial charge in [-0.25, -0.2) is 0 Å². The number of carbonyl (C=O) groups is 1. The molecule has 0 aliphatic heterocycles. The van der Waals surface area contributed by atoms with Crippen LogP contribution < -0.4 is 5.32 Å². The van der Waals surface area contributed by atoms with E-state index in [0.717, 1.165) is 12.8 Å². The Morgan fingerprint density at radius 3 is 2.38 bits per heavy atom. The van der Waals surface area contributed by atoms with E-state index >= 15 is 0 Å². The predicted octanol–water partition coefficient (Wildman–Crippen LogP) is 0.489. The molecule has 1 aliphatic carbocycles. The Bertz CT molecular complexity index is 116. The van der Waals surface area contributed by atoms with E-state index in [9.17, 15) is 4.79 Å². The summed E-state index contributed by atoms with van der Waals surface area (Å²) in [4.78, 5) is 10.3. The molecule has 45 valence electrons. The van der Waals surface area contributed by atoms with Gasteiger partial charge in [-0.2, -0.15) is 0 Å². The van der Waals surface area contributed by atoms with E-state index in [1.54, 1.807) is 0 Å². The van der Waals surface area contributed by atoms with Gasteiger partial charge in [0.25, 0.3) is 0 Å². The summed E-state index contributed by atoms with van der Waals surface area (Å²) in [5.41, 5.74) is -0.0775. The quantitative estimate of drug-likeness (QED) is 0.525. The number of hydrogen-bond donors (Lipinski definition) is 1. The molecule has 8 heavy (non-hydrogen) atoms. The summed E-state index contributed by atoms with van der Waals surface area (Å²) in [6, 6.07) is 0. The molecule has 2 nitrogen and oxygen atoms in total. The van der Waals surface area contributed by atoms with Crippen LogP contribution >= 0.6 is 0 Å². The second-order valence-electron chi connectivity index (χ2n) is 2.46. The van der Waals surface area contributed by atoms with Crippen molar-refractivity contribution in [3.8, 4) is 0 Å². The highest BCUT2D eigenvalue weighted by molar-refractivity contribution is 5.74. The summed E-state index contributed by atoms with van der Waals surface area (Å²) in [5.74, 6) is 0.0255. The number of rotatable bonds is 1. The van der Waals surface area contributed by atoms with Crippen LogP contribution in [-0.4, -0.2) is 11.4 Å². The Kier molecular flexibility index (Phi) is 1.03. The summed E-state index contributed by atoms with van der Waals surface area (Å²) in [7, 11) is 0. The fraction of sp³-hybridized carbons (Fsp3) is 0.667. The molecule has 1 saturated carbocycles. The van der Waals surface area contributed by atoms with Crippen molar-refractivity contribution in [2.45, 2.75) is 25.3 Å². The Morgan fingerprint density at radius 1 is 1.75 bits per heavy atom. The lowest BCUT2D eigenvalue weighted by atomic mass is 10.3. The molecule has 0 bridgehead atoms. The molecule has 1 N–H and O–H groups in total. The molecule has 0 unspecified atom stereocenters. The zero-order valence-electron chi connectivity index (χ0n) is 5.03. The molecule has 0 aromatic rings. The zero-order chi connectivity index (χ0) is 6.20. The highest BCUT2D eigenvalue weighted by atomic mass is 16.1. The molecule has 0 aromatic carbocycles. The number of carbonyl (C=O) groups excluding carboxylic acids is 1. The minimum Gasteiger partial charge on any atom is -0.351 e. The number of amides is 1. The van der Waals surface area contributed by atoms with Crippen LogP contribution in [0.25, 0.3) is 0 Å². The van der Waals surface area contributed by atoms with E-state index in [2.05, 4.69) is 12.2 Å². The molecule has 0 spiro atoms. The molecule has 2 heteroatoms. The van der Waals surface area contributed by atoms with Gasteiger partial charge in [-0.15, -0.1) is 0 Å². The second-order valence-corrected chi connectivity index (χ2v) is 2.46. The monoisotopic (exact) mass is 112 g/mol. The van der Waals surface area contributed by atoms with Gasteiger partial charge in [-0.1, -0.05) is 0 Å². The third-order valence-electron chi connectivity index (χ3n) is 1.29. The van der Waals surface area contributed by atoms with E-state index in [1.165, 1.54) is 6.92 Å². The van der Waals surface area contributed by atoms with Crippen LogP contribution in [0.3, 0.4) is 0 Å². The van der Waals surface area contributed by atoms with Crippen molar-refractivity contribution in [2.24, 2.45) is 0 Å². The largest absolute Gasteiger partial charge is 0.351 e. The fourth-order valence-corrected chi connectivity index (χ4v) is 0.649. The van der Waals surface area contributed by atoms with E-state index in [4.69, 9.17) is 0 Å². The molecule has 0 atom stereocenters. The first-order valence-corrected chi connectivity index (χ1v) is 2.76. The average molecular weight is 112 g/mol. The Hall–Kier alpha value is -0.530. The lowest BCUT2D eigenvalue weighted by molar-refractivity contribution is -0.119. The van der Waals surface area contributed by atoms with E-state index in [-0.39, 0.29) is 11.4 Å². The predicted molar refractivity (Wildman–Crippen MR) is 31.1 cm³/mol. The van der Waals surface area contributed by atoms with Gasteiger partial charge >= 0.3 is 0 Å². The van der Waals surface area contributed by atoms with Gasteiger partial charge < -0.3 is 5.32 Å². The molecule has 0 aromatic heterocycles. The van der Waals surface area contributed by atoms with E-state index in [0.29, 0.717) is 0 Å². The molecule has 1 radical (unpaired) electrons. The van der Waals surface area contributed by atoms with Crippen molar-refractivity contribution < 1.29 is 4.79 Å². The van der Waals surface area contributed by atoms with Crippen LogP contribution in [0.5, 0.6) is 0 Å². The Balaban J connectivity index is 2.29. The summed E-state index contributed by atoms with van der Waals surface area (Å²) in [6.07, 6.45) is 2.07. The Morgan fingerprint density at radius 2 is 2.25 bits per heavy atom. The highest BCUT2D eigenvalue weighted by Gasteiger charge is 2.37. The molecule has 0 heterocycles. The maximum absolute atomic E-state index is 10.3. The van der Waals surface area contributed by atoms with Gasteiger partial charge in [0, 0.05) is 12.5 Å². The van der Waals surface area contributed by atoms with Crippen LogP contribution in [0, 0.1) is 6.92 Å². The van der Waals surface area contributed by atoms with Gasteiger partial charge in [0.1, 0.15) is 0 Å². The SMILES string of the molecule is [CH2]C1(NC(C)=O)CC1. The van der Waals surface area contributed by atoms with Crippen LogP contribution in [-0.2, 0) is 4.79 Å². The summed E-state index contributed by atoms with van der Waals surface area (Å²) >= 11 is 0. The van der Waals surface area contributed by atoms with Crippen molar-refractivity contribution in [1.29, 1.82) is 0 Å². The normalized spacial score (nSPS) is 22.2. The zero-order valence-corrected chi connectivity index (χ0v) is 5.03. The van der Waals surface area contributed by atoms with Gasteiger partial charge in [0.15, 0.2) is 0 Å². The smallest absolute Gasteiger partial charge is 0.217 e. The summed E-state index contributed by atoms with van der Waals surface area (Å²) < 4.78 is 0. The molecule has 1 rings (SSSR count). The molecule has 1 aliphatic rings. The first kappa shape index (κ1) is 5.60. The number of hydrogen-bond acceptors (Lipinski definition) is 1. The third kappa shape index (κ3) is 1.22. The first-order chi connectivity index (χ1) is 3.62. The molecule has 0 saturated heterocycles. The van der Waals surface area contributed by atoms with Gasteiger partial charge in [-0.05, 0) is 19.8 Å². The van der Waals surface area contributed by atoms with Crippen LogP contribution in [0.1, 0.15) is 19.8 Å². The maximum Gasteiger partial charge on any atom is 0.217 e. The van der Waals surface area contributed by atoms with E-state index in [1.807, 2.05) is 0 Å². The molecule has 1 fully saturated rings. The van der Waals surface area contributed by atoms with Gasteiger partial charge in [0.05, 0.1) is 0 Å². The lowest BCUT2D eigenvalue weighted by Gasteiger charge is -2.06. The maximum atomic E-state index is 10.3. The van der Waals surface area contributed by atoms with Crippen LogP contribution in [0.2, 0.25) is 0 Å². The first-order valence-electron chi connectivity index (χ1n) is 2.76. The topological polar surface area (TPSA) is 29.1 Å². The van der Waals surface area contributed by atoms with Crippen molar-refractivity contribution in [2.75, 3.05) is 0 Å². The summed E-state index contributed by atoms with van der Waals surface area (Å²) in [5, 5.41) is 2.74. The highest BCUT2D eigenvalue weighted by Crippen LogP contribution is 2.33. The Labute approximate surface area is 49.3 Å². The van der Waals surface area contributed by atoms with Crippen molar-refractivity contribution in [1.82, 2.24) is 5.32 Å². The third-order valence-corrected chi connectivity index (χ3v) is 1.29. The van der Waals surface area contributed by atoms with Crippen molar-refractivity contribution >= 4 is 5.91 Å².